The van der Waals surface area contributed by atoms with Gasteiger partial charge in [0.05, 0.1) is 12.6 Å². The van der Waals surface area contributed by atoms with Crippen molar-refractivity contribution in [2.75, 3.05) is 6.61 Å². The summed E-state index contributed by atoms with van der Waals surface area (Å²) in [7, 11) is 0. The van der Waals surface area contributed by atoms with Crippen molar-refractivity contribution >= 4 is 5.96 Å². The lowest BCUT2D eigenvalue weighted by Gasteiger charge is -2.08. The first-order valence-corrected chi connectivity index (χ1v) is 6.92. The van der Waals surface area contributed by atoms with Crippen molar-refractivity contribution in [3.63, 3.8) is 0 Å². The number of hydrogen-bond donors (Lipinski definition) is 2. The van der Waals surface area contributed by atoms with Gasteiger partial charge in [0.25, 0.3) is 0 Å². The first-order chi connectivity index (χ1) is 9.10. The Morgan fingerprint density at radius 3 is 3.00 bits per heavy atom. The van der Waals surface area contributed by atoms with Crippen LogP contribution in [0.5, 0.6) is 5.75 Å². The highest BCUT2D eigenvalue weighted by atomic mass is 16.5. The molecule has 3 N–H and O–H groups in total. The molecule has 1 fully saturated rings. The van der Waals surface area contributed by atoms with E-state index in [4.69, 9.17) is 10.5 Å². The van der Waals surface area contributed by atoms with Crippen LogP contribution < -0.4 is 15.8 Å². The van der Waals surface area contributed by atoms with Gasteiger partial charge in [-0.1, -0.05) is 12.1 Å². The molecule has 0 aromatic heterocycles. The summed E-state index contributed by atoms with van der Waals surface area (Å²) >= 11 is 0. The first-order valence-electron chi connectivity index (χ1n) is 6.92. The van der Waals surface area contributed by atoms with E-state index in [1.54, 1.807) is 0 Å². The van der Waals surface area contributed by atoms with Crippen LogP contribution in [-0.4, -0.2) is 24.7 Å². The van der Waals surface area contributed by atoms with E-state index in [9.17, 15) is 0 Å². The van der Waals surface area contributed by atoms with Crippen LogP contribution in [0.1, 0.15) is 38.7 Å². The predicted octanol–water partition coefficient (Wildman–Crippen LogP) is 2.25. The Morgan fingerprint density at radius 1 is 1.53 bits per heavy atom. The minimum Gasteiger partial charge on any atom is -0.494 e. The van der Waals surface area contributed by atoms with Crippen LogP contribution in [-0.2, 0) is 0 Å². The fourth-order valence-corrected chi connectivity index (χ4v) is 2.20. The number of aliphatic imine (C=N–C) groups is 1. The zero-order valence-corrected chi connectivity index (χ0v) is 11.9. The number of nitrogens with two attached hydrogens (primary N) is 1. The Morgan fingerprint density at radius 2 is 2.32 bits per heavy atom. The van der Waals surface area contributed by atoms with Gasteiger partial charge in [0.2, 0.25) is 0 Å². The van der Waals surface area contributed by atoms with Crippen LogP contribution in [0.15, 0.2) is 29.3 Å². The number of nitrogens with one attached hydrogen (secondary N) is 1. The van der Waals surface area contributed by atoms with Gasteiger partial charge in [0.1, 0.15) is 5.75 Å². The second-order valence-electron chi connectivity index (χ2n) is 5.23. The largest absolute Gasteiger partial charge is 0.494 e. The molecular formula is C15H23N3O. The molecule has 1 aliphatic carbocycles. The lowest BCUT2D eigenvalue weighted by molar-refractivity contribution is 0.340. The molecule has 2 rings (SSSR count). The van der Waals surface area contributed by atoms with E-state index in [-0.39, 0.29) is 0 Å². The minimum absolute atomic E-state index is 0.308. The average Bonchev–Trinajstić information content (AvgIpc) is 3.08. The van der Waals surface area contributed by atoms with Crippen LogP contribution in [0.3, 0.4) is 0 Å². The van der Waals surface area contributed by atoms with E-state index in [0.717, 1.165) is 12.2 Å². The van der Waals surface area contributed by atoms with E-state index in [2.05, 4.69) is 36.3 Å². The number of benzene rings is 1. The molecule has 0 unspecified atom stereocenters. The SMILES string of the molecule is CCOc1cccc([C@@H]2C[C@H]2N=C(N)NC(C)C)c1. The topological polar surface area (TPSA) is 59.6 Å². The number of nitrogens with zero attached hydrogens (tertiary/aromatic N) is 1. The maximum atomic E-state index is 5.85. The Bertz CT molecular complexity index is 456. The molecular weight excluding hydrogens is 238 g/mol. The summed E-state index contributed by atoms with van der Waals surface area (Å²) in [5.74, 6) is 1.96. The molecule has 1 aromatic rings. The molecule has 0 radical (unpaired) electrons. The molecule has 19 heavy (non-hydrogen) atoms. The number of ether oxygens (including phenoxy) is 1. The van der Waals surface area contributed by atoms with E-state index < -0.39 is 0 Å². The van der Waals surface area contributed by atoms with Crippen molar-refractivity contribution in [1.82, 2.24) is 5.32 Å². The number of rotatable bonds is 5. The van der Waals surface area contributed by atoms with Gasteiger partial charge in [-0.2, -0.15) is 0 Å². The third kappa shape index (κ3) is 3.88. The van der Waals surface area contributed by atoms with Crippen LogP contribution in [0.4, 0.5) is 0 Å². The molecule has 1 aliphatic rings. The molecule has 0 amide bonds. The van der Waals surface area contributed by atoms with E-state index >= 15 is 0 Å². The Labute approximate surface area is 115 Å². The monoisotopic (exact) mass is 261 g/mol. The number of guanidine groups is 1. The maximum Gasteiger partial charge on any atom is 0.189 e. The summed E-state index contributed by atoms with van der Waals surface area (Å²) < 4.78 is 5.52. The van der Waals surface area contributed by atoms with Crippen molar-refractivity contribution < 1.29 is 4.74 Å². The van der Waals surface area contributed by atoms with Crippen molar-refractivity contribution in [3.8, 4) is 5.75 Å². The molecule has 1 aromatic carbocycles. The molecule has 0 saturated heterocycles. The van der Waals surface area contributed by atoms with Crippen LogP contribution in [0.2, 0.25) is 0 Å². The van der Waals surface area contributed by atoms with Gasteiger partial charge in [0, 0.05) is 12.0 Å². The molecule has 0 heterocycles. The number of hydrogen-bond acceptors (Lipinski definition) is 2. The highest BCUT2D eigenvalue weighted by Gasteiger charge is 2.38. The fraction of sp³-hybridized carbons (Fsp3) is 0.533. The standard InChI is InChI=1S/C15H23N3O/c1-4-19-12-7-5-6-11(8-12)13-9-14(13)18-15(16)17-10(2)3/h5-8,10,13-14H,4,9H2,1-3H3,(H3,16,17,18)/t13-,14+/m0/s1. The lowest BCUT2D eigenvalue weighted by Crippen LogP contribution is -2.37. The van der Waals surface area contributed by atoms with Crippen LogP contribution >= 0.6 is 0 Å². The highest BCUT2D eigenvalue weighted by molar-refractivity contribution is 5.78. The van der Waals surface area contributed by atoms with Gasteiger partial charge < -0.3 is 15.8 Å². The highest BCUT2D eigenvalue weighted by Crippen LogP contribution is 2.44. The predicted molar refractivity (Wildman–Crippen MR) is 78.7 cm³/mol. The van der Waals surface area contributed by atoms with Crippen molar-refractivity contribution in [2.24, 2.45) is 10.7 Å². The van der Waals surface area contributed by atoms with Crippen LogP contribution in [0.25, 0.3) is 0 Å². The quantitative estimate of drug-likeness (QED) is 0.631. The van der Waals surface area contributed by atoms with Gasteiger partial charge in [-0.05, 0) is 44.9 Å². The summed E-state index contributed by atoms with van der Waals surface area (Å²) in [6, 6.07) is 8.90. The van der Waals surface area contributed by atoms with Gasteiger partial charge in [-0.25, -0.2) is 4.99 Å². The summed E-state index contributed by atoms with van der Waals surface area (Å²) in [4.78, 5) is 4.50. The molecule has 0 spiro atoms. The minimum atomic E-state index is 0.308. The van der Waals surface area contributed by atoms with Gasteiger partial charge in [0.15, 0.2) is 5.96 Å². The second kappa shape index (κ2) is 5.95. The molecule has 4 heteroatoms. The molecule has 1 saturated carbocycles. The van der Waals surface area contributed by atoms with Gasteiger partial charge in [-0.15, -0.1) is 0 Å². The molecule has 0 bridgehead atoms. The molecule has 0 aliphatic heterocycles. The Hall–Kier alpha value is -1.71. The average molecular weight is 261 g/mol. The van der Waals surface area contributed by atoms with Crippen molar-refractivity contribution in [2.45, 2.75) is 45.2 Å². The maximum absolute atomic E-state index is 5.85. The van der Waals surface area contributed by atoms with E-state index in [1.165, 1.54) is 5.56 Å². The van der Waals surface area contributed by atoms with E-state index in [1.807, 2.05) is 19.1 Å². The third-order valence-electron chi connectivity index (χ3n) is 3.10. The summed E-state index contributed by atoms with van der Waals surface area (Å²) in [6.07, 6.45) is 1.07. The first kappa shape index (κ1) is 13.7. The zero-order valence-electron chi connectivity index (χ0n) is 11.9. The Balaban J connectivity index is 1.97. The normalized spacial score (nSPS) is 22.4. The zero-order chi connectivity index (χ0) is 13.8. The fourth-order valence-electron chi connectivity index (χ4n) is 2.20. The summed E-state index contributed by atoms with van der Waals surface area (Å²) in [6.45, 7) is 6.80. The molecule has 4 nitrogen and oxygen atoms in total. The lowest BCUT2D eigenvalue weighted by atomic mass is 10.1. The van der Waals surface area contributed by atoms with Gasteiger partial charge in [-0.3, -0.25) is 0 Å². The van der Waals surface area contributed by atoms with Gasteiger partial charge >= 0.3 is 0 Å². The Kier molecular flexibility index (Phi) is 4.30. The third-order valence-corrected chi connectivity index (χ3v) is 3.10. The second-order valence-corrected chi connectivity index (χ2v) is 5.23. The van der Waals surface area contributed by atoms with Crippen molar-refractivity contribution in [3.05, 3.63) is 29.8 Å². The van der Waals surface area contributed by atoms with Crippen molar-refractivity contribution in [1.29, 1.82) is 0 Å². The molecule has 2 atom stereocenters. The summed E-state index contributed by atoms with van der Waals surface area (Å²) in [5.41, 5.74) is 7.14. The summed E-state index contributed by atoms with van der Waals surface area (Å²) in [5, 5.41) is 3.12. The van der Waals surface area contributed by atoms with E-state index in [0.29, 0.717) is 30.6 Å². The van der Waals surface area contributed by atoms with Crippen LogP contribution in [0, 0.1) is 0 Å². The smallest absolute Gasteiger partial charge is 0.189 e. The molecule has 104 valence electrons.